The summed E-state index contributed by atoms with van der Waals surface area (Å²) in [7, 11) is 4.98. The van der Waals surface area contributed by atoms with E-state index in [4.69, 9.17) is 21.1 Å². The summed E-state index contributed by atoms with van der Waals surface area (Å²) < 4.78 is 10.3. The zero-order chi connectivity index (χ0) is 15.2. The van der Waals surface area contributed by atoms with Crippen LogP contribution < -0.4 is 15.4 Å². The molecule has 2 rings (SSSR count). The molecule has 0 aliphatic carbocycles. The summed E-state index contributed by atoms with van der Waals surface area (Å²) in [6, 6.07) is 7.22. The molecule has 1 heterocycles. The topological polar surface area (TPSA) is 68.3 Å². The Kier molecular flexibility index (Phi) is 5.19. The van der Waals surface area contributed by atoms with Gasteiger partial charge in [-0.25, -0.2) is 9.97 Å². The van der Waals surface area contributed by atoms with Crippen molar-refractivity contribution in [2.45, 2.75) is 6.61 Å². The third-order valence-electron chi connectivity index (χ3n) is 2.73. The van der Waals surface area contributed by atoms with E-state index in [1.54, 1.807) is 39.5 Å². The molecule has 0 unspecified atom stereocenters. The lowest BCUT2D eigenvalue weighted by Gasteiger charge is -2.11. The smallest absolute Gasteiger partial charge is 0.158 e. The fourth-order valence-electron chi connectivity index (χ4n) is 1.77. The van der Waals surface area contributed by atoms with Crippen LogP contribution in [0.3, 0.4) is 0 Å². The van der Waals surface area contributed by atoms with E-state index in [2.05, 4.69) is 20.6 Å². The number of ether oxygens (including phenoxy) is 2. The summed E-state index contributed by atoms with van der Waals surface area (Å²) in [4.78, 5) is 8.68. The minimum Gasteiger partial charge on any atom is -0.495 e. The predicted molar refractivity (Wildman–Crippen MR) is 83.6 cm³/mol. The van der Waals surface area contributed by atoms with E-state index in [1.807, 2.05) is 6.07 Å². The standard InChI is InChI=1S/C14H17ClN4O2/c1-16-12-7-13(19-14(18-12)8-20-2)17-9-4-5-10(15)11(6-9)21-3/h4-7H,8H2,1-3H3,(H2,16,17,18,19). The zero-order valence-corrected chi connectivity index (χ0v) is 12.9. The molecule has 2 aromatic rings. The Labute approximate surface area is 128 Å². The first-order valence-electron chi connectivity index (χ1n) is 6.31. The highest BCUT2D eigenvalue weighted by molar-refractivity contribution is 6.32. The second kappa shape index (κ2) is 7.10. The van der Waals surface area contributed by atoms with Crippen LogP contribution in [0, 0.1) is 0 Å². The van der Waals surface area contributed by atoms with Crippen molar-refractivity contribution < 1.29 is 9.47 Å². The lowest BCUT2D eigenvalue weighted by Crippen LogP contribution is -2.04. The van der Waals surface area contributed by atoms with Crippen LogP contribution in [0.25, 0.3) is 0 Å². The number of halogens is 1. The SMILES string of the molecule is CNc1cc(Nc2ccc(Cl)c(OC)c2)nc(COC)n1. The first kappa shape index (κ1) is 15.3. The van der Waals surface area contributed by atoms with E-state index < -0.39 is 0 Å². The lowest BCUT2D eigenvalue weighted by atomic mass is 10.3. The minimum atomic E-state index is 0.341. The largest absolute Gasteiger partial charge is 0.495 e. The van der Waals surface area contributed by atoms with Crippen molar-refractivity contribution in [1.82, 2.24) is 9.97 Å². The molecule has 0 atom stereocenters. The third-order valence-corrected chi connectivity index (χ3v) is 3.04. The Hall–Kier alpha value is -2.05. The Morgan fingerprint density at radius 3 is 2.57 bits per heavy atom. The molecule has 0 aliphatic rings. The van der Waals surface area contributed by atoms with Crippen LogP contribution in [0.4, 0.5) is 17.3 Å². The van der Waals surface area contributed by atoms with Gasteiger partial charge in [0.05, 0.1) is 12.1 Å². The highest BCUT2D eigenvalue weighted by Crippen LogP contribution is 2.29. The minimum absolute atomic E-state index is 0.341. The van der Waals surface area contributed by atoms with E-state index in [0.717, 1.165) is 5.69 Å². The van der Waals surface area contributed by atoms with Gasteiger partial charge in [-0.3, -0.25) is 0 Å². The Morgan fingerprint density at radius 2 is 1.90 bits per heavy atom. The van der Waals surface area contributed by atoms with Crippen LogP contribution in [-0.2, 0) is 11.3 Å². The monoisotopic (exact) mass is 308 g/mol. The van der Waals surface area contributed by atoms with Gasteiger partial charge in [0.1, 0.15) is 24.0 Å². The zero-order valence-electron chi connectivity index (χ0n) is 12.1. The fraction of sp³-hybridized carbons (Fsp3) is 0.286. The van der Waals surface area contributed by atoms with Crippen LogP contribution in [0.15, 0.2) is 24.3 Å². The molecule has 0 spiro atoms. The molecule has 112 valence electrons. The molecular weight excluding hydrogens is 292 g/mol. The van der Waals surface area contributed by atoms with Crippen molar-refractivity contribution >= 4 is 28.9 Å². The molecule has 0 aliphatic heterocycles. The molecule has 0 radical (unpaired) electrons. The number of benzene rings is 1. The average molecular weight is 309 g/mol. The lowest BCUT2D eigenvalue weighted by molar-refractivity contribution is 0.178. The Bertz CT molecular complexity index is 622. The van der Waals surface area contributed by atoms with E-state index in [0.29, 0.717) is 34.8 Å². The summed E-state index contributed by atoms with van der Waals surface area (Å²) in [5.74, 6) is 2.56. The van der Waals surface area contributed by atoms with Gasteiger partial charge in [0.25, 0.3) is 0 Å². The molecule has 2 N–H and O–H groups in total. The van der Waals surface area contributed by atoms with Crippen LogP contribution in [0.1, 0.15) is 5.82 Å². The van der Waals surface area contributed by atoms with Crippen LogP contribution in [0.2, 0.25) is 5.02 Å². The van der Waals surface area contributed by atoms with Gasteiger partial charge in [0.15, 0.2) is 5.82 Å². The molecule has 0 saturated heterocycles. The number of methoxy groups -OCH3 is 2. The Morgan fingerprint density at radius 1 is 1.14 bits per heavy atom. The second-order valence-electron chi connectivity index (χ2n) is 4.21. The second-order valence-corrected chi connectivity index (χ2v) is 4.62. The molecule has 0 saturated carbocycles. The van der Waals surface area contributed by atoms with Gasteiger partial charge < -0.3 is 20.1 Å². The van der Waals surface area contributed by atoms with Crippen molar-refractivity contribution in [3.63, 3.8) is 0 Å². The van der Waals surface area contributed by atoms with Crippen molar-refractivity contribution in [2.75, 3.05) is 31.9 Å². The summed E-state index contributed by atoms with van der Waals surface area (Å²) in [6.45, 7) is 0.341. The van der Waals surface area contributed by atoms with Gasteiger partial charge >= 0.3 is 0 Å². The molecule has 1 aromatic heterocycles. The number of aromatic nitrogens is 2. The molecule has 0 amide bonds. The number of nitrogens with one attached hydrogen (secondary N) is 2. The average Bonchev–Trinajstić information content (AvgIpc) is 2.49. The first-order valence-corrected chi connectivity index (χ1v) is 6.69. The van der Waals surface area contributed by atoms with Crippen LogP contribution in [0.5, 0.6) is 5.75 Å². The van der Waals surface area contributed by atoms with Crippen LogP contribution >= 0.6 is 11.6 Å². The molecule has 6 nitrogen and oxygen atoms in total. The van der Waals surface area contributed by atoms with Gasteiger partial charge in [-0.1, -0.05) is 11.6 Å². The normalized spacial score (nSPS) is 10.3. The number of rotatable bonds is 6. The maximum atomic E-state index is 6.01. The van der Waals surface area contributed by atoms with E-state index in [1.165, 1.54) is 0 Å². The van der Waals surface area contributed by atoms with Crippen molar-refractivity contribution in [1.29, 1.82) is 0 Å². The molecule has 7 heteroatoms. The first-order chi connectivity index (χ1) is 10.2. The van der Waals surface area contributed by atoms with Gasteiger partial charge in [-0.2, -0.15) is 0 Å². The molecule has 1 aromatic carbocycles. The van der Waals surface area contributed by atoms with Crippen molar-refractivity contribution in [3.05, 3.63) is 35.1 Å². The highest BCUT2D eigenvalue weighted by Gasteiger charge is 2.06. The number of hydrogen-bond acceptors (Lipinski definition) is 6. The van der Waals surface area contributed by atoms with Gasteiger partial charge in [0, 0.05) is 32.0 Å². The maximum absolute atomic E-state index is 6.01. The van der Waals surface area contributed by atoms with E-state index in [9.17, 15) is 0 Å². The maximum Gasteiger partial charge on any atom is 0.158 e. The van der Waals surface area contributed by atoms with E-state index >= 15 is 0 Å². The van der Waals surface area contributed by atoms with Gasteiger partial charge in [0.2, 0.25) is 0 Å². The number of hydrogen-bond donors (Lipinski definition) is 2. The molecule has 21 heavy (non-hydrogen) atoms. The van der Waals surface area contributed by atoms with Crippen molar-refractivity contribution in [3.8, 4) is 5.75 Å². The van der Waals surface area contributed by atoms with Crippen molar-refractivity contribution in [2.24, 2.45) is 0 Å². The molecule has 0 bridgehead atoms. The molecular formula is C14H17ClN4O2. The Balaban J connectivity index is 2.27. The summed E-state index contributed by atoms with van der Waals surface area (Å²) in [6.07, 6.45) is 0. The number of anilines is 3. The molecule has 0 fully saturated rings. The summed E-state index contributed by atoms with van der Waals surface area (Å²) in [5, 5.41) is 6.74. The van der Waals surface area contributed by atoms with E-state index in [-0.39, 0.29) is 0 Å². The van der Waals surface area contributed by atoms with Gasteiger partial charge in [-0.15, -0.1) is 0 Å². The number of nitrogens with zero attached hydrogens (tertiary/aromatic N) is 2. The van der Waals surface area contributed by atoms with Crippen LogP contribution in [-0.4, -0.2) is 31.2 Å². The summed E-state index contributed by atoms with van der Waals surface area (Å²) in [5.41, 5.74) is 0.820. The predicted octanol–water partition coefficient (Wildman–Crippen LogP) is 3.07. The van der Waals surface area contributed by atoms with Gasteiger partial charge in [-0.05, 0) is 12.1 Å². The quantitative estimate of drug-likeness (QED) is 0.855. The summed E-state index contributed by atoms with van der Waals surface area (Å²) >= 11 is 6.01. The third kappa shape index (κ3) is 3.96. The highest BCUT2D eigenvalue weighted by atomic mass is 35.5. The fourth-order valence-corrected chi connectivity index (χ4v) is 1.96.